The van der Waals surface area contributed by atoms with Crippen molar-refractivity contribution in [2.75, 3.05) is 11.9 Å². The highest BCUT2D eigenvalue weighted by Gasteiger charge is 2.20. The van der Waals surface area contributed by atoms with Gasteiger partial charge in [-0.1, -0.05) is 26.0 Å². The van der Waals surface area contributed by atoms with E-state index < -0.39 is 0 Å². The monoisotopic (exact) mass is 252 g/mol. The average molecular weight is 252 g/mol. The number of nitro benzene ring substituents is 1. The number of benzene rings is 1. The number of nitro groups is 1. The molecule has 0 aliphatic heterocycles. The number of rotatable bonds is 6. The minimum Gasteiger partial charge on any atom is -0.396 e. The highest BCUT2D eigenvalue weighted by atomic mass is 16.6. The molecule has 18 heavy (non-hydrogen) atoms. The van der Waals surface area contributed by atoms with Crippen molar-refractivity contribution in [1.82, 2.24) is 0 Å². The number of nitrogens with one attached hydrogen (secondary N) is 1. The summed E-state index contributed by atoms with van der Waals surface area (Å²) in [5.41, 5.74) is 1.47. The molecule has 5 nitrogen and oxygen atoms in total. The number of hydrogen-bond donors (Lipinski definition) is 2. The molecule has 5 heteroatoms. The van der Waals surface area contributed by atoms with Gasteiger partial charge in [0.15, 0.2) is 0 Å². The van der Waals surface area contributed by atoms with Gasteiger partial charge in [-0.05, 0) is 24.8 Å². The lowest BCUT2D eigenvalue weighted by atomic mass is 10.00. The second-order valence-corrected chi connectivity index (χ2v) is 4.73. The van der Waals surface area contributed by atoms with Crippen LogP contribution in [0.2, 0.25) is 0 Å². The van der Waals surface area contributed by atoms with E-state index in [1.54, 1.807) is 6.07 Å². The van der Waals surface area contributed by atoms with E-state index >= 15 is 0 Å². The molecule has 0 aromatic heterocycles. The van der Waals surface area contributed by atoms with Crippen LogP contribution >= 0.6 is 0 Å². The first-order chi connectivity index (χ1) is 8.47. The number of aryl methyl sites for hydroxylation is 1. The van der Waals surface area contributed by atoms with Crippen LogP contribution in [-0.4, -0.2) is 22.7 Å². The summed E-state index contributed by atoms with van der Waals surface area (Å²) in [6.45, 7) is 5.95. The Morgan fingerprint density at radius 2 is 2.11 bits per heavy atom. The number of aliphatic hydroxyl groups excluding tert-OH is 1. The maximum Gasteiger partial charge on any atom is 0.292 e. The number of para-hydroxylation sites is 1. The van der Waals surface area contributed by atoms with E-state index in [1.807, 2.05) is 26.8 Å². The lowest BCUT2D eigenvalue weighted by Gasteiger charge is -2.23. The SMILES string of the molecule is Cc1cccc([N+](=O)[O-])c1NC(CCO)C(C)C. The smallest absolute Gasteiger partial charge is 0.292 e. The Bertz CT molecular complexity index is 419. The molecule has 100 valence electrons. The average Bonchev–Trinajstić information content (AvgIpc) is 2.30. The Labute approximate surface area is 107 Å². The van der Waals surface area contributed by atoms with Gasteiger partial charge in [-0.2, -0.15) is 0 Å². The second-order valence-electron chi connectivity index (χ2n) is 4.73. The number of hydrogen-bond acceptors (Lipinski definition) is 4. The standard InChI is InChI=1S/C13H20N2O3/c1-9(2)11(7-8-16)14-13-10(3)5-4-6-12(13)15(17)18/h4-6,9,11,14,16H,7-8H2,1-3H3. The van der Waals surface area contributed by atoms with Crippen LogP contribution in [0.1, 0.15) is 25.8 Å². The third-order valence-corrected chi connectivity index (χ3v) is 3.02. The molecule has 0 saturated heterocycles. The van der Waals surface area contributed by atoms with E-state index in [0.29, 0.717) is 12.1 Å². The highest BCUT2D eigenvalue weighted by Crippen LogP contribution is 2.29. The van der Waals surface area contributed by atoms with Crippen LogP contribution < -0.4 is 5.32 Å². The van der Waals surface area contributed by atoms with Crippen LogP contribution in [0.5, 0.6) is 0 Å². The van der Waals surface area contributed by atoms with E-state index in [9.17, 15) is 10.1 Å². The highest BCUT2D eigenvalue weighted by molar-refractivity contribution is 5.66. The molecule has 1 unspecified atom stereocenters. The Balaban J connectivity index is 3.04. The molecule has 0 spiro atoms. The predicted octanol–water partition coefficient (Wildman–Crippen LogP) is 2.72. The number of aliphatic hydroxyl groups is 1. The third-order valence-electron chi connectivity index (χ3n) is 3.02. The third kappa shape index (κ3) is 3.43. The summed E-state index contributed by atoms with van der Waals surface area (Å²) in [4.78, 5) is 10.6. The van der Waals surface area contributed by atoms with Crippen LogP contribution in [0.15, 0.2) is 18.2 Å². The lowest BCUT2D eigenvalue weighted by Crippen LogP contribution is -2.27. The normalized spacial score (nSPS) is 12.5. The molecule has 0 radical (unpaired) electrons. The van der Waals surface area contributed by atoms with E-state index in [0.717, 1.165) is 5.56 Å². The summed E-state index contributed by atoms with van der Waals surface area (Å²) < 4.78 is 0. The van der Waals surface area contributed by atoms with Gasteiger partial charge in [0.25, 0.3) is 5.69 Å². The van der Waals surface area contributed by atoms with E-state index in [1.165, 1.54) is 6.07 Å². The fraction of sp³-hybridized carbons (Fsp3) is 0.538. The zero-order chi connectivity index (χ0) is 13.7. The Morgan fingerprint density at radius 3 is 2.61 bits per heavy atom. The molecule has 0 bridgehead atoms. The van der Waals surface area contributed by atoms with Gasteiger partial charge in [0, 0.05) is 18.7 Å². The Morgan fingerprint density at radius 1 is 1.44 bits per heavy atom. The van der Waals surface area contributed by atoms with Crippen LogP contribution in [-0.2, 0) is 0 Å². The molecule has 2 N–H and O–H groups in total. The van der Waals surface area contributed by atoms with Crippen molar-refractivity contribution in [1.29, 1.82) is 0 Å². The van der Waals surface area contributed by atoms with Crippen molar-refractivity contribution in [3.8, 4) is 0 Å². The first-order valence-corrected chi connectivity index (χ1v) is 6.08. The minimum atomic E-state index is -0.383. The van der Waals surface area contributed by atoms with Gasteiger partial charge in [0.2, 0.25) is 0 Å². The summed E-state index contributed by atoms with van der Waals surface area (Å²) in [5.74, 6) is 0.288. The lowest BCUT2D eigenvalue weighted by molar-refractivity contribution is -0.384. The second kappa shape index (κ2) is 6.35. The predicted molar refractivity (Wildman–Crippen MR) is 71.8 cm³/mol. The number of nitrogens with zero attached hydrogens (tertiary/aromatic N) is 1. The molecule has 0 amide bonds. The molecule has 1 rings (SSSR count). The molecule has 1 atom stereocenters. The Hall–Kier alpha value is -1.62. The molecular formula is C13H20N2O3. The zero-order valence-corrected chi connectivity index (χ0v) is 11.0. The van der Waals surface area contributed by atoms with Gasteiger partial charge < -0.3 is 10.4 Å². The molecule has 0 heterocycles. The van der Waals surface area contributed by atoms with Crippen molar-refractivity contribution in [3.63, 3.8) is 0 Å². The molecule has 0 saturated carbocycles. The summed E-state index contributed by atoms with van der Waals surface area (Å²) in [6, 6.07) is 5.03. The summed E-state index contributed by atoms with van der Waals surface area (Å²) in [5, 5.41) is 23.2. The summed E-state index contributed by atoms with van der Waals surface area (Å²) in [7, 11) is 0. The molecule has 0 fully saturated rings. The van der Waals surface area contributed by atoms with Crippen molar-refractivity contribution in [3.05, 3.63) is 33.9 Å². The molecular weight excluding hydrogens is 232 g/mol. The maximum absolute atomic E-state index is 11.0. The quantitative estimate of drug-likeness (QED) is 0.603. The topological polar surface area (TPSA) is 75.4 Å². The van der Waals surface area contributed by atoms with Crippen molar-refractivity contribution in [2.24, 2.45) is 5.92 Å². The van der Waals surface area contributed by atoms with Crippen molar-refractivity contribution in [2.45, 2.75) is 33.2 Å². The van der Waals surface area contributed by atoms with E-state index in [2.05, 4.69) is 5.32 Å². The fourth-order valence-corrected chi connectivity index (χ4v) is 1.89. The van der Waals surface area contributed by atoms with Crippen LogP contribution in [0, 0.1) is 23.0 Å². The van der Waals surface area contributed by atoms with Crippen LogP contribution in [0.25, 0.3) is 0 Å². The summed E-state index contributed by atoms with van der Waals surface area (Å²) in [6.07, 6.45) is 0.573. The van der Waals surface area contributed by atoms with Gasteiger partial charge in [0.05, 0.1) is 4.92 Å². The van der Waals surface area contributed by atoms with Gasteiger partial charge in [-0.3, -0.25) is 10.1 Å². The van der Waals surface area contributed by atoms with Gasteiger partial charge in [-0.25, -0.2) is 0 Å². The fourth-order valence-electron chi connectivity index (χ4n) is 1.89. The molecule has 0 aliphatic carbocycles. The number of anilines is 1. The van der Waals surface area contributed by atoms with Gasteiger partial charge in [0.1, 0.15) is 5.69 Å². The Kier molecular flexibility index (Phi) is 5.09. The molecule has 0 aliphatic rings. The molecule has 1 aromatic rings. The van der Waals surface area contributed by atoms with Crippen LogP contribution in [0.3, 0.4) is 0 Å². The largest absolute Gasteiger partial charge is 0.396 e. The summed E-state index contributed by atoms with van der Waals surface area (Å²) >= 11 is 0. The minimum absolute atomic E-state index is 0.0230. The maximum atomic E-state index is 11.0. The first-order valence-electron chi connectivity index (χ1n) is 6.08. The first kappa shape index (κ1) is 14.4. The molecule has 1 aromatic carbocycles. The van der Waals surface area contributed by atoms with Gasteiger partial charge >= 0.3 is 0 Å². The van der Waals surface area contributed by atoms with E-state index in [4.69, 9.17) is 5.11 Å². The van der Waals surface area contributed by atoms with Crippen molar-refractivity contribution >= 4 is 11.4 Å². The zero-order valence-electron chi connectivity index (χ0n) is 11.0. The van der Waals surface area contributed by atoms with Crippen molar-refractivity contribution < 1.29 is 10.0 Å². The van der Waals surface area contributed by atoms with E-state index in [-0.39, 0.29) is 29.2 Å². The van der Waals surface area contributed by atoms with Crippen LogP contribution in [0.4, 0.5) is 11.4 Å². The van der Waals surface area contributed by atoms with Gasteiger partial charge in [-0.15, -0.1) is 0 Å².